The van der Waals surface area contributed by atoms with Crippen LogP contribution >= 0.6 is 11.3 Å². The van der Waals surface area contributed by atoms with Crippen LogP contribution in [0.25, 0.3) is 11.2 Å². The van der Waals surface area contributed by atoms with Gasteiger partial charge < -0.3 is 15.7 Å². The summed E-state index contributed by atoms with van der Waals surface area (Å²) in [6, 6.07) is 6.34. The first-order valence-corrected chi connectivity index (χ1v) is 13.4. The molecule has 2 unspecified atom stereocenters. The minimum absolute atomic E-state index is 0.215. The zero-order valence-corrected chi connectivity index (χ0v) is 21.1. The summed E-state index contributed by atoms with van der Waals surface area (Å²) in [4.78, 5) is 39.1. The largest absolute Gasteiger partial charge is 0.465 e. The molecule has 0 radical (unpaired) electrons. The number of rotatable bonds is 3. The fraction of sp³-hybridized carbons (Fsp3) is 0.385. The Kier molecular flexibility index (Phi) is 6.23. The first kappa shape index (κ1) is 24.7. The highest BCUT2D eigenvalue weighted by Gasteiger charge is 2.43. The Morgan fingerprint density at radius 2 is 1.95 bits per heavy atom. The number of hydrogen-bond donors (Lipinski definition) is 3. The first-order chi connectivity index (χ1) is 18.3. The fourth-order valence-electron chi connectivity index (χ4n) is 6.33. The van der Waals surface area contributed by atoms with Gasteiger partial charge in [0.15, 0.2) is 17.3 Å². The van der Waals surface area contributed by atoms with Gasteiger partial charge in [0.05, 0.1) is 16.7 Å². The summed E-state index contributed by atoms with van der Waals surface area (Å²) in [5, 5.41) is 10.1. The molecule has 38 heavy (non-hydrogen) atoms. The fourth-order valence-corrected chi connectivity index (χ4v) is 7.26. The van der Waals surface area contributed by atoms with Gasteiger partial charge in [-0.15, -0.1) is 11.3 Å². The summed E-state index contributed by atoms with van der Waals surface area (Å²) in [5.74, 6) is -2.64. The molecule has 1 aliphatic carbocycles. The van der Waals surface area contributed by atoms with Crippen molar-refractivity contribution in [2.75, 3.05) is 6.54 Å². The van der Waals surface area contributed by atoms with Crippen LogP contribution in [0.3, 0.4) is 0 Å². The molecule has 4 N–H and O–H groups in total. The van der Waals surface area contributed by atoms with Crippen molar-refractivity contribution < 1.29 is 18.7 Å². The van der Waals surface area contributed by atoms with E-state index < -0.39 is 35.7 Å². The number of carbonyl (C=O) groups is 1. The summed E-state index contributed by atoms with van der Waals surface area (Å²) < 4.78 is 30.6. The highest BCUT2D eigenvalue weighted by Crippen LogP contribution is 2.48. The van der Waals surface area contributed by atoms with Crippen molar-refractivity contribution in [1.82, 2.24) is 24.4 Å². The van der Waals surface area contributed by atoms with Crippen molar-refractivity contribution in [3.63, 3.8) is 0 Å². The van der Waals surface area contributed by atoms with Crippen molar-refractivity contribution in [1.29, 1.82) is 0 Å². The van der Waals surface area contributed by atoms with Gasteiger partial charge in [0.1, 0.15) is 0 Å². The van der Waals surface area contributed by atoms with Crippen molar-refractivity contribution in [3.8, 4) is 0 Å². The maximum absolute atomic E-state index is 14.8. The molecule has 2 aliphatic rings. The van der Waals surface area contributed by atoms with E-state index in [0.717, 1.165) is 10.9 Å². The number of aromatic nitrogens is 4. The SMILES string of the molecule is N[C@@H]1c2scnc2[C@@H](C2CC(n3c(=O)[nH]c4ncccc43)CCN2C(=O)O)CC[C@H]1c1cccc(F)c1F. The number of halogens is 2. The van der Waals surface area contributed by atoms with E-state index in [1.807, 2.05) is 6.07 Å². The minimum Gasteiger partial charge on any atom is -0.465 e. The zero-order valence-electron chi connectivity index (χ0n) is 20.3. The van der Waals surface area contributed by atoms with Gasteiger partial charge in [-0.3, -0.25) is 9.55 Å². The Morgan fingerprint density at radius 3 is 2.76 bits per heavy atom. The van der Waals surface area contributed by atoms with Crippen LogP contribution in [0.4, 0.5) is 13.6 Å². The van der Waals surface area contributed by atoms with Crippen LogP contribution in [0.1, 0.15) is 65.7 Å². The molecule has 5 atom stereocenters. The molecule has 1 fully saturated rings. The summed E-state index contributed by atoms with van der Waals surface area (Å²) >= 11 is 1.35. The van der Waals surface area contributed by atoms with Crippen LogP contribution in [0.15, 0.2) is 46.8 Å². The second-order valence-electron chi connectivity index (χ2n) is 9.95. The van der Waals surface area contributed by atoms with E-state index in [1.54, 1.807) is 28.4 Å². The lowest BCUT2D eigenvalue weighted by Gasteiger charge is -2.41. The smallest absolute Gasteiger partial charge is 0.407 e. The van der Waals surface area contributed by atoms with E-state index in [0.29, 0.717) is 42.5 Å². The van der Waals surface area contributed by atoms with Crippen molar-refractivity contribution in [2.24, 2.45) is 5.73 Å². The van der Waals surface area contributed by atoms with Crippen LogP contribution in [0, 0.1) is 11.6 Å². The molecule has 1 amide bonds. The van der Waals surface area contributed by atoms with Gasteiger partial charge >= 0.3 is 11.8 Å². The molecule has 6 rings (SSSR count). The van der Waals surface area contributed by atoms with Crippen LogP contribution in [-0.2, 0) is 0 Å². The van der Waals surface area contributed by atoms with Crippen LogP contribution in [0.5, 0.6) is 0 Å². The predicted octanol–water partition coefficient (Wildman–Crippen LogP) is 4.50. The number of nitrogens with two attached hydrogens (primary N) is 1. The Bertz CT molecular complexity index is 1570. The summed E-state index contributed by atoms with van der Waals surface area (Å²) in [6.07, 6.45) is 2.34. The first-order valence-electron chi connectivity index (χ1n) is 12.5. The second-order valence-corrected chi connectivity index (χ2v) is 10.8. The van der Waals surface area contributed by atoms with Crippen molar-refractivity contribution in [3.05, 3.63) is 80.3 Å². The van der Waals surface area contributed by atoms with Gasteiger partial charge in [0.25, 0.3) is 0 Å². The van der Waals surface area contributed by atoms with Crippen molar-refractivity contribution in [2.45, 2.75) is 55.6 Å². The number of carboxylic acid groups (broad SMARTS) is 1. The third-order valence-electron chi connectivity index (χ3n) is 8.06. The molecule has 0 spiro atoms. The van der Waals surface area contributed by atoms with E-state index in [9.17, 15) is 23.5 Å². The summed E-state index contributed by atoms with van der Waals surface area (Å²) in [6.45, 7) is 0.244. The highest BCUT2D eigenvalue weighted by atomic mass is 32.1. The molecule has 3 aromatic heterocycles. The molecule has 0 bridgehead atoms. The molecular formula is C26H26F2N6O3S. The standard InChI is InChI=1S/C26H26F2N6O3S/c27-17-4-1-3-14(20(17)28)15-6-7-16(22-23(21(15)29)38-12-31-22)19-11-13(8-10-33(19)26(36)37)34-18-5-2-9-30-24(18)32-25(34)35/h1-5,9,12-13,15-16,19,21H,6-8,10-11,29H2,(H,36,37)(H,30,32,35)/t13?,15-,16+,19?,21-/m0/s1. The Morgan fingerprint density at radius 1 is 1.13 bits per heavy atom. The van der Waals surface area contributed by atoms with Gasteiger partial charge in [-0.25, -0.2) is 28.3 Å². The summed E-state index contributed by atoms with van der Waals surface area (Å²) in [7, 11) is 0. The molecule has 4 aromatic rings. The van der Waals surface area contributed by atoms with E-state index in [4.69, 9.17) is 5.73 Å². The molecule has 9 nitrogen and oxygen atoms in total. The average molecular weight is 541 g/mol. The maximum Gasteiger partial charge on any atom is 0.407 e. The Balaban J connectivity index is 1.39. The lowest BCUT2D eigenvalue weighted by atomic mass is 9.82. The highest BCUT2D eigenvalue weighted by molar-refractivity contribution is 7.09. The lowest BCUT2D eigenvalue weighted by molar-refractivity contribution is 0.0779. The number of H-pyrrole nitrogens is 1. The normalized spacial score (nSPS) is 25.8. The molecule has 198 valence electrons. The number of imidazole rings is 1. The maximum atomic E-state index is 14.8. The zero-order chi connectivity index (χ0) is 26.6. The lowest BCUT2D eigenvalue weighted by Crippen LogP contribution is -2.49. The predicted molar refractivity (Wildman–Crippen MR) is 137 cm³/mol. The third kappa shape index (κ3) is 3.99. The quantitative estimate of drug-likeness (QED) is 0.328. The molecule has 12 heteroatoms. The number of thiazole rings is 1. The Labute approximate surface area is 219 Å². The number of amides is 1. The van der Waals surface area contributed by atoms with Gasteiger partial charge in [0.2, 0.25) is 0 Å². The number of likely N-dealkylation sites (tertiary alicyclic amines) is 1. The van der Waals surface area contributed by atoms with E-state index in [-0.39, 0.29) is 29.8 Å². The average Bonchev–Trinajstić information content (AvgIpc) is 3.49. The van der Waals surface area contributed by atoms with Crippen LogP contribution < -0.4 is 11.4 Å². The monoisotopic (exact) mass is 540 g/mol. The third-order valence-corrected chi connectivity index (χ3v) is 9.01. The molecule has 4 heterocycles. The topological polar surface area (TPSA) is 130 Å². The molecule has 1 aliphatic heterocycles. The molecular weight excluding hydrogens is 514 g/mol. The number of benzene rings is 1. The van der Waals surface area contributed by atoms with Gasteiger partial charge in [0, 0.05) is 47.6 Å². The molecule has 0 saturated carbocycles. The number of aromatic amines is 1. The summed E-state index contributed by atoms with van der Waals surface area (Å²) in [5.41, 5.74) is 10.1. The van der Waals surface area contributed by atoms with Crippen LogP contribution in [-0.4, -0.2) is 48.2 Å². The van der Waals surface area contributed by atoms with Crippen molar-refractivity contribution >= 4 is 28.6 Å². The number of hydrogen-bond acceptors (Lipinski definition) is 6. The van der Waals surface area contributed by atoms with Crippen LogP contribution in [0.2, 0.25) is 0 Å². The minimum atomic E-state index is -1.04. The second kappa shape index (κ2) is 9.59. The number of piperidine rings is 1. The van der Waals surface area contributed by atoms with E-state index >= 15 is 0 Å². The number of nitrogens with one attached hydrogen (secondary N) is 1. The van der Waals surface area contributed by atoms with E-state index in [2.05, 4.69) is 15.0 Å². The number of pyridine rings is 1. The molecule has 1 saturated heterocycles. The number of nitrogens with zero attached hydrogens (tertiary/aromatic N) is 4. The Hall–Kier alpha value is -3.64. The molecule has 1 aromatic carbocycles. The van der Waals surface area contributed by atoms with E-state index in [1.165, 1.54) is 22.3 Å². The van der Waals surface area contributed by atoms with Gasteiger partial charge in [-0.05, 0) is 49.4 Å². The van der Waals surface area contributed by atoms with Gasteiger partial charge in [-0.1, -0.05) is 12.1 Å². The van der Waals surface area contributed by atoms with Gasteiger partial charge in [-0.2, -0.15) is 0 Å². The number of fused-ring (bicyclic) bond motifs is 2.